The Balaban J connectivity index is 2.04. The minimum atomic E-state index is -0.662. The lowest BCUT2D eigenvalue weighted by Gasteiger charge is -2.37. The highest BCUT2D eigenvalue weighted by Crippen LogP contribution is 2.41. The van der Waals surface area contributed by atoms with Crippen LogP contribution in [0.15, 0.2) is 30.3 Å². The van der Waals surface area contributed by atoms with E-state index in [1.165, 1.54) is 0 Å². The molecule has 118 valence electrons. The number of nitrogens with zero attached hydrogens (tertiary/aromatic N) is 1. The molecule has 0 amide bonds. The van der Waals surface area contributed by atoms with Crippen molar-refractivity contribution in [3.63, 3.8) is 0 Å². The summed E-state index contributed by atoms with van der Waals surface area (Å²) in [5.74, 6) is 0. The molecule has 0 spiro atoms. The number of benzene rings is 1. The summed E-state index contributed by atoms with van der Waals surface area (Å²) in [6, 6.07) is 11.5. The summed E-state index contributed by atoms with van der Waals surface area (Å²) in [4.78, 5) is 3.06. The number of rotatable bonds is 4. The Labute approximate surface area is 139 Å². The predicted octanol–water partition coefficient (Wildman–Crippen LogP) is 4.25. The molecule has 1 aromatic carbocycles. The number of anilines is 1. The normalized spacial score (nSPS) is 19.4. The van der Waals surface area contributed by atoms with Gasteiger partial charge in [0, 0.05) is 16.9 Å². The van der Waals surface area contributed by atoms with E-state index >= 15 is 0 Å². The van der Waals surface area contributed by atoms with Crippen LogP contribution < -0.4 is 5.32 Å². The summed E-state index contributed by atoms with van der Waals surface area (Å²) in [5, 5.41) is 12.3. The molecular weight excluding hydrogens is 313 g/mol. The fourth-order valence-corrected chi connectivity index (χ4v) is 3.17. The number of halogens is 1. The highest BCUT2D eigenvalue weighted by molar-refractivity contribution is 7.80. The van der Waals surface area contributed by atoms with Crippen molar-refractivity contribution in [2.45, 2.75) is 25.4 Å². The van der Waals surface area contributed by atoms with Crippen LogP contribution in [0.25, 0.3) is 11.3 Å². The van der Waals surface area contributed by atoms with Crippen LogP contribution in [-0.2, 0) is 10.3 Å². The van der Waals surface area contributed by atoms with Crippen molar-refractivity contribution in [2.24, 2.45) is 0 Å². The zero-order valence-electron chi connectivity index (χ0n) is 12.6. The van der Waals surface area contributed by atoms with Crippen LogP contribution in [0.4, 0.5) is 10.1 Å². The van der Waals surface area contributed by atoms with E-state index in [1.807, 2.05) is 31.2 Å². The van der Waals surface area contributed by atoms with Gasteiger partial charge >= 0.3 is 0 Å². The van der Waals surface area contributed by atoms with Gasteiger partial charge in [-0.05, 0) is 61.8 Å². The van der Waals surface area contributed by atoms with Crippen molar-refractivity contribution in [3.8, 4) is 17.3 Å². The molecule has 0 radical (unpaired) electrons. The molecule has 0 saturated heterocycles. The average Bonchev–Trinajstić information content (AvgIpc) is 3.01. The first kappa shape index (κ1) is 15.5. The number of H-pyrrole nitrogens is 1. The molecule has 1 aliphatic heterocycles. The fourth-order valence-electron chi connectivity index (χ4n) is 2.87. The van der Waals surface area contributed by atoms with E-state index in [4.69, 9.17) is 22.2 Å². The Morgan fingerprint density at radius 3 is 2.87 bits per heavy atom. The molecule has 6 heteroatoms. The third-order valence-electron chi connectivity index (χ3n) is 4.05. The Kier molecular flexibility index (Phi) is 4.05. The van der Waals surface area contributed by atoms with Gasteiger partial charge in [0.1, 0.15) is 17.4 Å². The van der Waals surface area contributed by atoms with Gasteiger partial charge in [-0.2, -0.15) is 5.26 Å². The minimum absolute atomic E-state index is 0.304. The van der Waals surface area contributed by atoms with Gasteiger partial charge in [-0.3, -0.25) is 4.39 Å². The first-order valence-electron chi connectivity index (χ1n) is 7.36. The standard InChI is InChI=1S/C17H16FN3OS/c1-17(7-2-8-18)13-9-11(14-6-4-12(10-19)20-14)3-5-15(13)21-16(23)22-17/h3-6,9,20H,2,7-8H2,1H3,(H,21,23)/t17-/m0/s1. The molecule has 0 aliphatic carbocycles. The molecule has 0 bridgehead atoms. The lowest BCUT2D eigenvalue weighted by molar-refractivity contribution is 0.0591. The maximum atomic E-state index is 12.6. The number of nitrogens with one attached hydrogen (secondary N) is 2. The van der Waals surface area contributed by atoms with Crippen LogP contribution in [0.1, 0.15) is 31.0 Å². The highest BCUT2D eigenvalue weighted by Gasteiger charge is 2.36. The van der Waals surface area contributed by atoms with Gasteiger partial charge in [0.05, 0.1) is 6.67 Å². The number of ether oxygens (including phenoxy) is 1. The Bertz CT molecular complexity index is 795. The molecule has 2 heterocycles. The molecular formula is C17H16FN3OS. The summed E-state index contributed by atoms with van der Waals surface area (Å²) < 4.78 is 18.4. The molecule has 0 saturated carbocycles. The summed E-state index contributed by atoms with van der Waals surface area (Å²) >= 11 is 5.16. The van der Waals surface area contributed by atoms with Crippen molar-refractivity contribution < 1.29 is 9.13 Å². The number of thiocarbonyl (C=S) groups is 1. The predicted molar refractivity (Wildman–Crippen MR) is 90.8 cm³/mol. The van der Waals surface area contributed by atoms with Gasteiger partial charge in [-0.1, -0.05) is 6.07 Å². The molecule has 3 rings (SSSR count). The SMILES string of the molecule is C[C@@]1(CCCF)OC(=S)Nc2ccc(-c3ccc(C#N)[nH]3)cc21. The first-order chi connectivity index (χ1) is 11.1. The zero-order valence-corrected chi connectivity index (χ0v) is 13.5. The Morgan fingerprint density at radius 1 is 1.35 bits per heavy atom. The largest absolute Gasteiger partial charge is 0.460 e. The number of aromatic nitrogens is 1. The third kappa shape index (κ3) is 2.92. The van der Waals surface area contributed by atoms with Gasteiger partial charge in [0.2, 0.25) is 0 Å². The highest BCUT2D eigenvalue weighted by atomic mass is 32.1. The zero-order chi connectivity index (χ0) is 16.4. The van der Waals surface area contributed by atoms with Gasteiger partial charge < -0.3 is 15.0 Å². The second-order valence-corrected chi connectivity index (χ2v) is 6.07. The molecule has 1 aromatic heterocycles. The monoisotopic (exact) mass is 329 g/mol. The van der Waals surface area contributed by atoms with Crippen LogP contribution >= 0.6 is 12.2 Å². The summed E-state index contributed by atoms with van der Waals surface area (Å²) in [7, 11) is 0. The molecule has 2 aromatic rings. The van der Waals surface area contributed by atoms with Gasteiger partial charge in [0.15, 0.2) is 0 Å². The molecule has 0 unspecified atom stereocenters. The number of hydrogen-bond donors (Lipinski definition) is 2. The summed E-state index contributed by atoms with van der Waals surface area (Å²) in [6.45, 7) is 1.53. The number of fused-ring (bicyclic) bond motifs is 1. The number of alkyl halides is 1. The topological polar surface area (TPSA) is 60.8 Å². The smallest absolute Gasteiger partial charge is 0.262 e. The molecule has 23 heavy (non-hydrogen) atoms. The molecule has 2 N–H and O–H groups in total. The minimum Gasteiger partial charge on any atom is -0.460 e. The van der Waals surface area contributed by atoms with E-state index in [0.29, 0.717) is 23.7 Å². The van der Waals surface area contributed by atoms with Crippen LogP contribution in [0.2, 0.25) is 0 Å². The van der Waals surface area contributed by atoms with Gasteiger partial charge in [0.25, 0.3) is 5.17 Å². The van der Waals surface area contributed by atoms with E-state index in [1.54, 1.807) is 6.07 Å². The summed E-state index contributed by atoms with van der Waals surface area (Å²) in [5.41, 5.74) is 3.45. The Morgan fingerprint density at radius 2 is 2.17 bits per heavy atom. The summed E-state index contributed by atoms with van der Waals surface area (Å²) in [6.07, 6.45) is 0.944. The number of hydrogen-bond acceptors (Lipinski definition) is 3. The molecule has 1 atom stereocenters. The number of nitriles is 1. The lowest BCUT2D eigenvalue weighted by atomic mass is 9.87. The van der Waals surface area contributed by atoms with Crippen LogP contribution in [-0.4, -0.2) is 16.8 Å². The second-order valence-electron chi connectivity index (χ2n) is 5.70. The average molecular weight is 329 g/mol. The van der Waals surface area contributed by atoms with Crippen molar-refractivity contribution >= 4 is 23.1 Å². The van der Waals surface area contributed by atoms with Crippen LogP contribution in [0.3, 0.4) is 0 Å². The Hall–Kier alpha value is -2.39. The van der Waals surface area contributed by atoms with Gasteiger partial charge in [-0.25, -0.2) is 0 Å². The van der Waals surface area contributed by atoms with Crippen molar-refractivity contribution in [3.05, 3.63) is 41.6 Å². The van der Waals surface area contributed by atoms with Crippen molar-refractivity contribution in [1.29, 1.82) is 5.26 Å². The van der Waals surface area contributed by atoms with E-state index in [-0.39, 0.29) is 0 Å². The van der Waals surface area contributed by atoms with Crippen molar-refractivity contribution in [1.82, 2.24) is 4.98 Å². The number of aromatic amines is 1. The lowest BCUT2D eigenvalue weighted by Crippen LogP contribution is -2.37. The van der Waals surface area contributed by atoms with E-state index in [9.17, 15) is 4.39 Å². The van der Waals surface area contributed by atoms with Crippen LogP contribution in [0, 0.1) is 11.3 Å². The maximum Gasteiger partial charge on any atom is 0.262 e. The second kappa shape index (κ2) is 6.01. The molecule has 4 nitrogen and oxygen atoms in total. The maximum absolute atomic E-state index is 12.6. The first-order valence-corrected chi connectivity index (χ1v) is 7.76. The van der Waals surface area contributed by atoms with E-state index in [0.717, 1.165) is 22.5 Å². The van der Waals surface area contributed by atoms with E-state index in [2.05, 4.69) is 16.4 Å². The fraction of sp³-hybridized carbons (Fsp3) is 0.294. The quantitative estimate of drug-likeness (QED) is 0.824. The van der Waals surface area contributed by atoms with Crippen molar-refractivity contribution in [2.75, 3.05) is 12.0 Å². The molecule has 1 aliphatic rings. The third-order valence-corrected chi connectivity index (χ3v) is 4.23. The van der Waals surface area contributed by atoms with Crippen LogP contribution in [0.5, 0.6) is 0 Å². The van der Waals surface area contributed by atoms with Gasteiger partial charge in [-0.15, -0.1) is 0 Å². The molecule has 0 fully saturated rings. The van der Waals surface area contributed by atoms with E-state index < -0.39 is 12.3 Å².